The summed E-state index contributed by atoms with van der Waals surface area (Å²) < 4.78 is 40.0. The van der Waals surface area contributed by atoms with E-state index in [0.717, 1.165) is 38.2 Å². The number of hydrogen-bond donors (Lipinski definition) is 1. The molecule has 3 heterocycles. The van der Waals surface area contributed by atoms with E-state index in [-0.39, 0.29) is 5.82 Å². The summed E-state index contributed by atoms with van der Waals surface area (Å²) >= 11 is 6.34. The van der Waals surface area contributed by atoms with Gasteiger partial charge in [0, 0.05) is 29.9 Å². The van der Waals surface area contributed by atoms with Gasteiger partial charge in [-0.05, 0) is 57.1 Å². The lowest BCUT2D eigenvalue weighted by Crippen LogP contribution is -2.32. The number of alkyl halides is 3. The fraction of sp³-hybridized carbons (Fsp3) is 0.391. The molecule has 0 atom stereocenters. The van der Waals surface area contributed by atoms with Gasteiger partial charge in [0.25, 0.3) is 0 Å². The quantitative estimate of drug-likeness (QED) is 0.493. The van der Waals surface area contributed by atoms with E-state index in [4.69, 9.17) is 17.3 Å². The number of halogens is 4. The number of rotatable bonds is 6. The normalized spacial score (nSPS) is 15.2. The number of para-hydroxylation sites is 1. The third-order valence-corrected chi connectivity index (χ3v) is 6.04. The molecule has 0 unspecified atom stereocenters. The van der Waals surface area contributed by atoms with Gasteiger partial charge in [0.15, 0.2) is 0 Å². The third-order valence-electron chi connectivity index (χ3n) is 5.74. The molecule has 32 heavy (non-hydrogen) atoms. The Morgan fingerprint density at radius 1 is 1.06 bits per heavy atom. The molecule has 5 nitrogen and oxygen atoms in total. The number of anilines is 3. The van der Waals surface area contributed by atoms with Crippen molar-refractivity contribution in [1.29, 1.82) is 0 Å². The Morgan fingerprint density at radius 3 is 2.59 bits per heavy atom. The topological polar surface area (TPSA) is 58.3 Å². The second-order valence-electron chi connectivity index (χ2n) is 8.01. The Labute approximate surface area is 190 Å². The van der Waals surface area contributed by atoms with Crippen LogP contribution in [-0.4, -0.2) is 41.0 Å². The van der Waals surface area contributed by atoms with Crippen molar-refractivity contribution in [1.82, 2.24) is 14.9 Å². The van der Waals surface area contributed by atoms with Gasteiger partial charge in [0.2, 0.25) is 0 Å². The minimum absolute atomic E-state index is 0.178. The molecule has 1 fully saturated rings. The molecule has 1 aromatic carbocycles. The number of benzene rings is 1. The van der Waals surface area contributed by atoms with Crippen molar-refractivity contribution < 1.29 is 13.2 Å². The molecule has 0 radical (unpaired) electrons. The van der Waals surface area contributed by atoms with Crippen molar-refractivity contribution in [3.05, 3.63) is 53.2 Å². The van der Waals surface area contributed by atoms with Crippen LogP contribution in [0.4, 0.5) is 30.5 Å². The molecule has 0 bridgehead atoms. The maximum absolute atomic E-state index is 13.3. The highest BCUT2D eigenvalue weighted by atomic mass is 35.5. The fourth-order valence-corrected chi connectivity index (χ4v) is 4.30. The van der Waals surface area contributed by atoms with Crippen LogP contribution in [0.15, 0.2) is 42.6 Å². The lowest BCUT2D eigenvalue weighted by Gasteiger charge is -2.29. The number of nitrogens with zero attached hydrogens (tertiary/aromatic N) is 4. The van der Waals surface area contributed by atoms with Gasteiger partial charge < -0.3 is 15.5 Å². The van der Waals surface area contributed by atoms with Gasteiger partial charge in [0.1, 0.15) is 11.6 Å². The minimum Gasteiger partial charge on any atom is -0.398 e. The van der Waals surface area contributed by atoms with Crippen LogP contribution in [0.1, 0.15) is 31.2 Å². The number of fused-ring (bicyclic) bond motifs is 1. The lowest BCUT2D eigenvalue weighted by atomic mass is 10.1. The van der Waals surface area contributed by atoms with Crippen molar-refractivity contribution in [3.8, 4) is 0 Å². The van der Waals surface area contributed by atoms with E-state index in [1.807, 2.05) is 6.07 Å². The Bertz CT molecular complexity index is 1080. The molecule has 0 saturated carbocycles. The van der Waals surface area contributed by atoms with Crippen LogP contribution in [0.5, 0.6) is 0 Å². The summed E-state index contributed by atoms with van der Waals surface area (Å²) in [6, 6.07) is 9.00. The van der Waals surface area contributed by atoms with Crippen LogP contribution in [0.25, 0.3) is 10.9 Å². The first-order valence-corrected chi connectivity index (χ1v) is 11.1. The lowest BCUT2D eigenvalue weighted by molar-refractivity contribution is -0.137. The summed E-state index contributed by atoms with van der Waals surface area (Å²) in [7, 11) is 0. The highest BCUT2D eigenvalue weighted by Crippen LogP contribution is 2.35. The van der Waals surface area contributed by atoms with E-state index >= 15 is 0 Å². The number of aromatic nitrogens is 2. The van der Waals surface area contributed by atoms with Gasteiger partial charge in [-0.1, -0.05) is 30.2 Å². The highest BCUT2D eigenvalue weighted by molar-refractivity contribution is 6.35. The van der Waals surface area contributed by atoms with Gasteiger partial charge in [-0.15, -0.1) is 0 Å². The molecule has 9 heteroatoms. The van der Waals surface area contributed by atoms with Crippen molar-refractivity contribution in [2.24, 2.45) is 0 Å². The summed E-state index contributed by atoms with van der Waals surface area (Å²) in [5.74, 6) is 0.602. The zero-order valence-corrected chi connectivity index (χ0v) is 18.3. The second kappa shape index (κ2) is 9.50. The third kappa shape index (κ3) is 5.07. The first-order chi connectivity index (χ1) is 15.3. The summed E-state index contributed by atoms with van der Waals surface area (Å²) in [5.41, 5.74) is 6.47. The van der Waals surface area contributed by atoms with Crippen LogP contribution in [0.3, 0.4) is 0 Å². The zero-order valence-electron chi connectivity index (χ0n) is 17.6. The molecule has 1 aliphatic rings. The van der Waals surface area contributed by atoms with Crippen LogP contribution < -0.4 is 10.6 Å². The van der Waals surface area contributed by atoms with Gasteiger partial charge in [0.05, 0.1) is 16.1 Å². The molecule has 3 aromatic rings. The van der Waals surface area contributed by atoms with Crippen LogP contribution >= 0.6 is 11.6 Å². The number of pyridine rings is 2. The Balaban J connectivity index is 1.69. The first-order valence-electron chi connectivity index (χ1n) is 10.7. The fourth-order valence-electron chi connectivity index (χ4n) is 4.09. The minimum atomic E-state index is -4.46. The molecule has 0 aliphatic carbocycles. The van der Waals surface area contributed by atoms with E-state index in [1.54, 1.807) is 23.1 Å². The number of nitrogens with two attached hydrogens (primary N) is 1. The number of piperidine rings is 1. The number of hydrogen-bond acceptors (Lipinski definition) is 5. The highest BCUT2D eigenvalue weighted by Gasteiger charge is 2.31. The van der Waals surface area contributed by atoms with Crippen molar-refractivity contribution >= 4 is 39.8 Å². The van der Waals surface area contributed by atoms with Gasteiger partial charge in [-0.25, -0.2) is 9.97 Å². The largest absolute Gasteiger partial charge is 0.416 e. The molecule has 2 N–H and O–H groups in total. The number of likely N-dealkylation sites (tertiary alicyclic amines) is 1. The molecule has 0 amide bonds. The smallest absolute Gasteiger partial charge is 0.398 e. The van der Waals surface area contributed by atoms with E-state index < -0.39 is 11.7 Å². The standard InChI is InChI=1S/C23H25ClF3N5/c24-18-7-4-6-17-19(28)15-21(30-22(17)18)32(13-5-12-31-10-2-1-3-11-31)20-14-16(8-9-29-20)23(25,26)27/h4,6-9,14-15H,1-3,5,10-13H2,(H2,28,30). The maximum atomic E-state index is 13.3. The monoisotopic (exact) mass is 463 g/mol. The van der Waals surface area contributed by atoms with Gasteiger partial charge in [-0.2, -0.15) is 13.2 Å². The summed E-state index contributed by atoms with van der Waals surface area (Å²) in [4.78, 5) is 13.0. The van der Waals surface area contributed by atoms with Crippen molar-refractivity contribution in [3.63, 3.8) is 0 Å². The average Bonchev–Trinajstić information content (AvgIpc) is 2.78. The van der Waals surface area contributed by atoms with Gasteiger partial charge in [-0.3, -0.25) is 0 Å². The predicted molar refractivity (Wildman–Crippen MR) is 122 cm³/mol. The average molecular weight is 464 g/mol. The molecule has 0 spiro atoms. The van der Waals surface area contributed by atoms with E-state index in [0.29, 0.717) is 34.0 Å². The molecule has 4 rings (SSSR count). The molecule has 1 aliphatic heterocycles. The molecular formula is C23H25ClF3N5. The summed E-state index contributed by atoms with van der Waals surface area (Å²) in [6.45, 7) is 3.42. The summed E-state index contributed by atoms with van der Waals surface area (Å²) in [5, 5.41) is 1.13. The van der Waals surface area contributed by atoms with E-state index in [1.165, 1.54) is 25.5 Å². The number of nitrogen functional groups attached to an aromatic ring is 1. The molecule has 1 saturated heterocycles. The van der Waals surface area contributed by atoms with E-state index in [2.05, 4.69) is 14.9 Å². The van der Waals surface area contributed by atoms with Crippen molar-refractivity contribution in [2.75, 3.05) is 36.8 Å². The van der Waals surface area contributed by atoms with Crippen LogP contribution in [0.2, 0.25) is 5.02 Å². The molecular weight excluding hydrogens is 439 g/mol. The Morgan fingerprint density at radius 2 is 1.84 bits per heavy atom. The van der Waals surface area contributed by atoms with Crippen LogP contribution in [0, 0.1) is 0 Å². The first kappa shape index (κ1) is 22.6. The maximum Gasteiger partial charge on any atom is 0.416 e. The van der Waals surface area contributed by atoms with Crippen LogP contribution in [-0.2, 0) is 6.18 Å². The van der Waals surface area contributed by atoms with E-state index in [9.17, 15) is 13.2 Å². The Hall–Kier alpha value is -2.58. The zero-order chi connectivity index (χ0) is 22.7. The Kier molecular flexibility index (Phi) is 6.71. The second-order valence-corrected chi connectivity index (χ2v) is 8.42. The predicted octanol–water partition coefficient (Wildman–Crippen LogP) is 5.90. The molecule has 2 aromatic heterocycles. The molecule has 170 valence electrons. The summed E-state index contributed by atoms with van der Waals surface area (Å²) in [6.07, 6.45) is 1.07. The van der Waals surface area contributed by atoms with Crippen molar-refractivity contribution in [2.45, 2.75) is 31.9 Å². The SMILES string of the molecule is Nc1cc(N(CCCN2CCCCC2)c2cc(C(F)(F)F)ccn2)nc2c(Cl)cccc12. The van der Waals surface area contributed by atoms with Gasteiger partial charge >= 0.3 is 6.18 Å².